The van der Waals surface area contributed by atoms with Gasteiger partial charge in [-0.3, -0.25) is 9.59 Å². The molecule has 1 N–H and O–H groups in total. The molecule has 0 saturated heterocycles. The maximum atomic E-state index is 14.6. The maximum absolute atomic E-state index is 14.6. The summed E-state index contributed by atoms with van der Waals surface area (Å²) < 4.78 is 34.8. The van der Waals surface area contributed by atoms with Crippen LogP contribution in [0.2, 0.25) is 0 Å². The molecular formula is C35H28F2N4O3S. The molecule has 45 heavy (non-hydrogen) atoms. The van der Waals surface area contributed by atoms with Crippen molar-refractivity contribution in [1.29, 1.82) is 0 Å². The van der Waals surface area contributed by atoms with Crippen molar-refractivity contribution >= 4 is 40.3 Å². The Morgan fingerprint density at radius 2 is 1.73 bits per heavy atom. The predicted molar refractivity (Wildman–Crippen MR) is 171 cm³/mol. The predicted octanol–water partition coefficient (Wildman–Crippen LogP) is 7.25. The van der Waals surface area contributed by atoms with Crippen molar-refractivity contribution in [3.05, 3.63) is 124 Å². The van der Waals surface area contributed by atoms with E-state index in [0.29, 0.717) is 59.4 Å². The lowest BCUT2D eigenvalue weighted by atomic mass is 10.1. The molecule has 226 valence electrons. The molecule has 5 aromatic rings. The number of ether oxygens (including phenoxy) is 1. The molecule has 0 aliphatic carbocycles. The first-order valence-electron chi connectivity index (χ1n) is 14.6. The van der Waals surface area contributed by atoms with E-state index in [-0.39, 0.29) is 35.6 Å². The Morgan fingerprint density at radius 1 is 0.933 bits per heavy atom. The minimum atomic E-state index is -0.486. The lowest BCUT2D eigenvalue weighted by molar-refractivity contribution is 0.0981. The number of hydrogen-bond donors (Lipinski definition) is 1. The van der Waals surface area contributed by atoms with Crippen molar-refractivity contribution < 1.29 is 23.1 Å². The molecule has 2 amide bonds. The number of pyridine rings is 1. The highest BCUT2D eigenvalue weighted by Gasteiger charge is 2.29. The minimum absolute atomic E-state index is 0.167. The van der Waals surface area contributed by atoms with Crippen LogP contribution in [-0.2, 0) is 13.0 Å². The van der Waals surface area contributed by atoms with Crippen LogP contribution >= 0.6 is 11.3 Å². The second-order valence-electron chi connectivity index (χ2n) is 10.9. The number of carbonyl (C=O) groups is 2. The third-order valence-corrected chi connectivity index (χ3v) is 9.31. The van der Waals surface area contributed by atoms with Gasteiger partial charge in [-0.05, 0) is 66.9 Å². The zero-order valence-corrected chi connectivity index (χ0v) is 25.2. The van der Waals surface area contributed by atoms with Crippen molar-refractivity contribution in [2.24, 2.45) is 0 Å². The van der Waals surface area contributed by atoms with E-state index in [1.165, 1.54) is 23.5 Å². The van der Waals surface area contributed by atoms with Gasteiger partial charge < -0.3 is 19.9 Å². The van der Waals surface area contributed by atoms with Gasteiger partial charge in [0, 0.05) is 22.5 Å². The molecule has 0 fully saturated rings. The number of nitrogens with one attached hydrogen (secondary N) is 1. The van der Waals surface area contributed by atoms with E-state index in [1.807, 2.05) is 41.3 Å². The molecule has 10 heteroatoms. The molecule has 7 nitrogen and oxygen atoms in total. The van der Waals surface area contributed by atoms with Crippen LogP contribution in [0.1, 0.15) is 36.9 Å². The van der Waals surface area contributed by atoms with E-state index in [4.69, 9.17) is 9.72 Å². The summed E-state index contributed by atoms with van der Waals surface area (Å²) in [4.78, 5) is 36.9. The first kappa shape index (κ1) is 28.7. The van der Waals surface area contributed by atoms with E-state index in [2.05, 4.69) is 5.32 Å². The van der Waals surface area contributed by atoms with Gasteiger partial charge in [-0.15, -0.1) is 11.3 Å². The molecule has 7 rings (SSSR count). The zero-order valence-electron chi connectivity index (χ0n) is 24.3. The average molecular weight is 623 g/mol. The highest BCUT2D eigenvalue weighted by Crippen LogP contribution is 2.42. The second kappa shape index (κ2) is 11.8. The molecule has 0 saturated carbocycles. The summed E-state index contributed by atoms with van der Waals surface area (Å²) in [6.07, 6.45) is 0.511. The number of aryl methyl sites for hydroxylation is 1. The Labute approximate surface area is 262 Å². The van der Waals surface area contributed by atoms with Gasteiger partial charge in [0.05, 0.1) is 29.3 Å². The SMILES string of the molecule is Cc1cccc(F)c1NC(=O)c1cc2c(s1)-c1ccccc1N(C(=O)c1cccc(N3CCOc4cccc(F)c4C3)n1)CC2. The summed E-state index contributed by atoms with van der Waals surface area (Å²) in [7, 11) is 0. The molecule has 0 unspecified atom stereocenters. The smallest absolute Gasteiger partial charge is 0.276 e. The van der Waals surface area contributed by atoms with Crippen LogP contribution in [0.15, 0.2) is 84.9 Å². The number of thiophene rings is 1. The monoisotopic (exact) mass is 622 g/mol. The third kappa shape index (κ3) is 5.42. The number of rotatable bonds is 4. The standard InChI is InChI=1S/C35H28F2N4O3S/c1-21-7-4-10-26(37)32(21)39-34(42)30-19-22-15-16-41(28-12-3-2-8-23(28)33(22)45-30)35(43)27-11-6-14-31(38-27)40-17-18-44-29-13-5-9-25(36)24(29)20-40/h2-14,19H,15-18,20H2,1H3,(H,39,42). The second-order valence-corrected chi connectivity index (χ2v) is 12.0. The van der Waals surface area contributed by atoms with Crippen LogP contribution in [0.4, 0.5) is 26.0 Å². The minimum Gasteiger partial charge on any atom is -0.491 e. The van der Waals surface area contributed by atoms with Gasteiger partial charge in [-0.1, -0.05) is 42.5 Å². The van der Waals surface area contributed by atoms with Crippen LogP contribution in [0.25, 0.3) is 10.4 Å². The van der Waals surface area contributed by atoms with Crippen LogP contribution < -0.4 is 19.9 Å². The number of para-hydroxylation sites is 2. The highest BCUT2D eigenvalue weighted by atomic mass is 32.1. The van der Waals surface area contributed by atoms with Crippen molar-refractivity contribution in [2.45, 2.75) is 19.9 Å². The van der Waals surface area contributed by atoms with Crippen molar-refractivity contribution in [2.75, 3.05) is 34.8 Å². The molecule has 0 spiro atoms. The average Bonchev–Trinajstić information content (AvgIpc) is 3.26. The number of fused-ring (bicyclic) bond motifs is 4. The summed E-state index contributed by atoms with van der Waals surface area (Å²) in [5, 5.41) is 2.73. The van der Waals surface area contributed by atoms with Gasteiger partial charge in [0.15, 0.2) is 0 Å². The number of benzene rings is 3. The summed E-state index contributed by atoms with van der Waals surface area (Å²) in [6, 6.07) is 24.2. The Morgan fingerprint density at radius 3 is 2.60 bits per heavy atom. The zero-order chi connectivity index (χ0) is 31.1. The topological polar surface area (TPSA) is 74.8 Å². The van der Waals surface area contributed by atoms with Crippen molar-refractivity contribution in [1.82, 2.24) is 4.98 Å². The first-order chi connectivity index (χ1) is 21.9. The summed E-state index contributed by atoms with van der Waals surface area (Å²) >= 11 is 1.32. The molecule has 4 heterocycles. The largest absolute Gasteiger partial charge is 0.491 e. The lowest BCUT2D eigenvalue weighted by Crippen LogP contribution is -2.34. The van der Waals surface area contributed by atoms with Crippen LogP contribution in [0.5, 0.6) is 5.75 Å². The number of halogens is 2. The molecule has 0 atom stereocenters. The summed E-state index contributed by atoms with van der Waals surface area (Å²) in [5.41, 5.74) is 4.01. The number of amides is 2. The normalized spacial score (nSPS) is 13.9. The number of carbonyl (C=O) groups excluding carboxylic acids is 2. The fourth-order valence-electron chi connectivity index (χ4n) is 5.80. The number of hydrogen-bond acceptors (Lipinski definition) is 6. The first-order valence-corrected chi connectivity index (χ1v) is 15.4. The van der Waals surface area contributed by atoms with Gasteiger partial charge in [0.1, 0.15) is 35.5 Å². The number of anilines is 3. The van der Waals surface area contributed by atoms with Crippen LogP contribution in [0, 0.1) is 18.6 Å². The molecule has 0 radical (unpaired) electrons. The van der Waals surface area contributed by atoms with Crippen LogP contribution in [0.3, 0.4) is 0 Å². The van der Waals surface area contributed by atoms with Crippen molar-refractivity contribution in [3.63, 3.8) is 0 Å². The van der Waals surface area contributed by atoms with E-state index in [1.54, 1.807) is 48.2 Å². The molecule has 3 aromatic carbocycles. The third-order valence-electron chi connectivity index (χ3n) is 8.10. The Balaban J connectivity index is 1.16. The van der Waals surface area contributed by atoms with E-state index < -0.39 is 5.82 Å². The van der Waals surface area contributed by atoms with Gasteiger partial charge in [-0.2, -0.15) is 0 Å². The van der Waals surface area contributed by atoms with Gasteiger partial charge in [0.2, 0.25) is 0 Å². The maximum Gasteiger partial charge on any atom is 0.276 e. The molecule has 0 bridgehead atoms. The Bertz CT molecular complexity index is 1940. The molecule has 2 aliphatic rings. The van der Waals surface area contributed by atoms with E-state index in [0.717, 1.165) is 16.0 Å². The Hall–Kier alpha value is -5.09. The Kier molecular flexibility index (Phi) is 7.50. The quantitative estimate of drug-likeness (QED) is 0.229. The fraction of sp³-hybridized carbons (Fsp3) is 0.171. The van der Waals surface area contributed by atoms with Gasteiger partial charge >= 0.3 is 0 Å². The highest BCUT2D eigenvalue weighted by molar-refractivity contribution is 7.17. The van der Waals surface area contributed by atoms with Gasteiger partial charge in [-0.25, -0.2) is 13.8 Å². The van der Waals surface area contributed by atoms with Gasteiger partial charge in [0.25, 0.3) is 11.8 Å². The summed E-state index contributed by atoms with van der Waals surface area (Å²) in [6.45, 7) is 3.23. The van der Waals surface area contributed by atoms with Crippen LogP contribution in [-0.4, -0.2) is 36.5 Å². The summed E-state index contributed by atoms with van der Waals surface area (Å²) in [5.74, 6) is -0.396. The van der Waals surface area contributed by atoms with E-state index >= 15 is 0 Å². The fourth-order valence-corrected chi connectivity index (χ4v) is 6.94. The lowest BCUT2D eigenvalue weighted by Gasteiger charge is -2.24. The molecular weight excluding hydrogens is 594 g/mol. The van der Waals surface area contributed by atoms with E-state index in [9.17, 15) is 18.4 Å². The molecule has 2 aliphatic heterocycles. The number of nitrogens with zero attached hydrogens (tertiary/aromatic N) is 3. The van der Waals surface area contributed by atoms with Crippen molar-refractivity contribution in [3.8, 4) is 16.2 Å². The molecule has 2 aromatic heterocycles. The number of aromatic nitrogens is 1.